The van der Waals surface area contributed by atoms with Gasteiger partial charge in [0.2, 0.25) is 5.95 Å². The topological polar surface area (TPSA) is 108 Å². The van der Waals surface area contributed by atoms with Gasteiger partial charge in [-0.25, -0.2) is 10.8 Å². The molecule has 0 saturated carbocycles. The van der Waals surface area contributed by atoms with Crippen LogP contribution in [0.25, 0.3) is 11.2 Å². The van der Waals surface area contributed by atoms with E-state index in [1.807, 2.05) is 0 Å². The first-order valence-electron chi connectivity index (χ1n) is 4.32. The molecule has 78 valence electrons. The molecule has 0 saturated heterocycles. The third-order valence-corrected chi connectivity index (χ3v) is 1.94. The Morgan fingerprint density at radius 3 is 3.00 bits per heavy atom. The quantitative estimate of drug-likeness (QED) is 0.366. The Morgan fingerprint density at radius 2 is 2.33 bits per heavy atom. The van der Waals surface area contributed by atoms with E-state index in [2.05, 4.69) is 27.0 Å². The maximum atomic E-state index is 5.54. The standard InChI is InChI=1S/C8H11N7/c1-2-3-15-4-11-5-6(14-10)12-8(9)13-7(5)15/h2,4H,1,3,10H2,(H3,9,12,13,14). The third kappa shape index (κ3) is 1.48. The number of fused-ring (bicyclic) bond motifs is 1. The van der Waals surface area contributed by atoms with Crippen LogP contribution in [-0.2, 0) is 6.54 Å². The van der Waals surface area contributed by atoms with Crippen molar-refractivity contribution in [2.45, 2.75) is 6.54 Å². The van der Waals surface area contributed by atoms with E-state index in [0.717, 1.165) is 0 Å². The van der Waals surface area contributed by atoms with Crippen LogP contribution in [0.1, 0.15) is 0 Å². The van der Waals surface area contributed by atoms with Crippen molar-refractivity contribution in [2.75, 3.05) is 11.2 Å². The Kier molecular flexibility index (Phi) is 2.22. The van der Waals surface area contributed by atoms with Crippen molar-refractivity contribution in [2.24, 2.45) is 5.84 Å². The molecule has 0 aliphatic heterocycles. The zero-order chi connectivity index (χ0) is 10.8. The van der Waals surface area contributed by atoms with Crippen LogP contribution in [0, 0.1) is 0 Å². The fraction of sp³-hybridized carbons (Fsp3) is 0.125. The molecule has 0 radical (unpaired) electrons. The minimum atomic E-state index is 0.154. The SMILES string of the molecule is C=CCn1cnc2c(NN)nc(N)nc21. The fourth-order valence-electron chi connectivity index (χ4n) is 1.33. The molecule has 0 fully saturated rings. The second-order valence-corrected chi connectivity index (χ2v) is 2.93. The van der Waals surface area contributed by atoms with Crippen molar-refractivity contribution in [1.82, 2.24) is 19.5 Å². The maximum absolute atomic E-state index is 5.54. The number of imidazole rings is 1. The second kappa shape index (κ2) is 3.54. The summed E-state index contributed by atoms with van der Waals surface area (Å²) in [7, 11) is 0. The van der Waals surface area contributed by atoms with E-state index in [0.29, 0.717) is 23.5 Å². The number of nitrogen functional groups attached to an aromatic ring is 2. The smallest absolute Gasteiger partial charge is 0.224 e. The predicted octanol–water partition coefficient (Wildman–Crippen LogP) is -0.120. The van der Waals surface area contributed by atoms with E-state index in [1.54, 1.807) is 17.0 Å². The molecule has 0 spiro atoms. The fourth-order valence-corrected chi connectivity index (χ4v) is 1.33. The van der Waals surface area contributed by atoms with Crippen molar-refractivity contribution >= 4 is 22.9 Å². The predicted molar refractivity (Wildman–Crippen MR) is 57.7 cm³/mol. The molecule has 0 aliphatic carbocycles. The lowest BCUT2D eigenvalue weighted by Crippen LogP contribution is -2.11. The van der Waals surface area contributed by atoms with Gasteiger partial charge in [-0.05, 0) is 0 Å². The van der Waals surface area contributed by atoms with Crippen LogP contribution in [0.15, 0.2) is 19.0 Å². The van der Waals surface area contributed by atoms with Gasteiger partial charge in [0, 0.05) is 6.54 Å². The van der Waals surface area contributed by atoms with Gasteiger partial charge in [-0.1, -0.05) is 6.08 Å². The zero-order valence-electron chi connectivity index (χ0n) is 8.01. The monoisotopic (exact) mass is 205 g/mol. The van der Waals surface area contributed by atoms with Crippen molar-refractivity contribution in [3.63, 3.8) is 0 Å². The lowest BCUT2D eigenvalue weighted by atomic mass is 10.5. The van der Waals surface area contributed by atoms with Gasteiger partial charge < -0.3 is 15.7 Å². The summed E-state index contributed by atoms with van der Waals surface area (Å²) < 4.78 is 1.81. The van der Waals surface area contributed by atoms with Crippen molar-refractivity contribution in [3.05, 3.63) is 19.0 Å². The zero-order valence-corrected chi connectivity index (χ0v) is 8.01. The van der Waals surface area contributed by atoms with Crippen LogP contribution >= 0.6 is 0 Å². The molecule has 0 aliphatic rings. The Hall–Kier alpha value is -2.15. The minimum Gasteiger partial charge on any atom is -0.368 e. The van der Waals surface area contributed by atoms with Crippen LogP contribution in [-0.4, -0.2) is 19.5 Å². The van der Waals surface area contributed by atoms with Gasteiger partial charge in [0.25, 0.3) is 0 Å². The molecule has 2 aromatic rings. The van der Waals surface area contributed by atoms with Crippen molar-refractivity contribution < 1.29 is 0 Å². The van der Waals surface area contributed by atoms with Crippen LogP contribution in [0.5, 0.6) is 0 Å². The number of aromatic nitrogens is 4. The van der Waals surface area contributed by atoms with Gasteiger partial charge in [0.1, 0.15) is 0 Å². The molecule has 0 amide bonds. The van der Waals surface area contributed by atoms with Gasteiger partial charge >= 0.3 is 0 Å². The summed E-state index contributed by atoms with van der Waals surface area (Å²) in [5.41, 5.74) is 9.20. The molecule has 2 heterocycles. The molecule has 5 N–H and O–H groups in total. The normalized spacial score (nSPS) is 10.5. The molecule has 0 atom stereocenters. The molecule has 7 heteroatoms. The van der Waals surface area contributed by atoms with Crippen LogP contribution in [0.2, 0.25) is 0 Å². The van der Waals surface area contributed by atoms with E-state index in [9.17, 15) is 0 Å². The molecular weight excluding hydrogens is 194 g/mol. The molecule has 0 unspecified atom stereocenters. The summed E-state index contributed by atoms with van der Waals surface area (Å²) in [6.45, 7) is 4.25. The maximum Gasteiger partial charge on any atom is 0.224 e. The van der Waals surface area contributed by atoms with E-state index in [-0.39, 0.29) is 5.95 Å². The number of hydrogen-bond acceptors (Lipinski definition) is 6. The van der Waals surface area contributed by atoms with Gasteiger partial charge in [-0.3, -0.25) is 0 Å². The number of hydrogen-bond donors (Lipinski definition) is 3. The summed E-state index contributed by atoms with van der Waals surface area (Å²) in [5, 5.41) is 0. The number of nitrogens with one attached hydrogen (secondary N) is 1. The number of hydrazine groups is 1. The summed E-state index contributed by atoms with van der Waals surface area (Å²) in [6, 6.07) is 0. The molecule has 0 bridgehead atoms. The average Bonchev–Trinajstić information content (AvgIpc) is 2.61. The van der Waals surface area contributed by atoms with Gasteiger partial charge in [0.15, 0.2) is 17.0 Å². The van der Waals surface area contributed by atoms with Gasteiger partial charge in [-0.2, -0.15) is 9.97 Å². The largest absolute Gasteiger partial charge is 0.368 e. The molecule has 15 heavy (non-hydrogen) atoms. The lowest BCUT2D eigenvalue weighted by Gasteiger charge is -2.02. The molecular formula is C8H11N7. The number of rotatable bonds is 3. The molecule has 2 aromatic heterocycles. The summed E-state index contributed by atoms with van der Waals surface area (Å²) in [4.78, 5) is 12.2. The Balaban J connectivity index is 2.69. The Morgan fingerprint density at radius 1 is 1.53 bits per heavy atom. The molecule has 7 nitrogen and oxygen atoms in total. The van der Waals surface area contributed by atoms with Gasteiger partial charge in [-0.15, -0.1) is 6.58 Å². The minimum absolute atomic E-state index is 0.154. The lowest BCUT2D eigenvalue weighted by molar-refractivity contribution is 0.839. The van der Waals surface area contributed by atoms with E-state index < -0.39 is 0 Å². The Bertz CT molecular complexity index is 501. The first kappa shape index (κ1) is 9.41. The van der Waals surface area contributed by atoms with E-state index in [1.165, 1.54) is 0 Å². The van der Waals surface area contributed by atoms with E-state index >= 15 is 0 Å². The van der Waals surface area contributed by atoms with Crippen molar-refractivity contribution in [3.8, 4) is 0 Å². The van der Waals surface area contributed by atoms with Gasteiger partial charge in [0.05, 0.1) is 6.33 Å². The van der Waals surface area contributed by atoms with Crippen molar-refractivity contribution in [1.29, 1.82) is 0 Å². The highest BCUT2D eigenvalue weighted by molar-refractivity contribution is 5.83. The highest BCUT2D eigenvalue weighted by Gasteiger charge is 2.10. The van der Waals surface area contributed by atoms with E-state index in [4.69, 9.17) is 11.6 Å². The number of nitrogens with zero attached hydrogens (tertiary/aromatic N) is 4. The molecule has 0 aromatic carbocycles. The molecule has 2 rings (SSSR count). The second-order valence-electron chi connectivity index (χ2n) is 2.93. The Labute approximate surface area is 85.8 Å². The highest BCUT2D eigenvalue weighted by Crippen LogP contribution is 2.18. The van der Waals surface area contributed by atoms with Crippen LogP contribution in [0.3, 0.4) is 0 Å². The summed E-state index contributed by atoms with van der Waals surface area (Å²) >= 11 is 0. The number of nitrogens with two attached hydrogens (primary N) is 2. The summed E-state index contributed by atoms with van der Waals surface area (Å²) in [6.07, 6.45) is 3.39. The number of allylic oxidation sites excluding steroid dienone is 1. The average molecular weight is 205 g/mol. The number of anilines is 2. The van der Waals surface area contributed by atoms with Crippen LogP contribution in [0.4, 0.5) is 11.8 Å². The van der Waals surface area contributed by atoms with Crippen LogP contribution < -0.4 is 17.0 Å². The third-order valence-electron chi connectivity index (χ3n) is 1.94. The summed E-state index contributed by atoms with van der Waals surface area (Å²) in [5.74, 6) is 5.87. The first-order chi connectivity index (χ1) is 7.26. The first-order valence-corrected chi connectivity index (χ1v) is 4.32. The highest BCUT2D eigenvalue weighted by atomic mass is 15.3.